The summed E-state index contributed by atoms with van der Waals surface area (Å²) in [5.74, 6) is 0.0430. The standard InChI is InChI=1S/C19H25N3OS2/c1-20-12-19(23)21-11-17(14-3-5-16(24-2)6-4-14)22-9-7-18-15(13-22)8-10-25-18/h3-6,8,10,17,20H,7,9,11-13H2,1-2H3,(H,21,23). The smallest absolute Gasteiger partial charge is 0.234 e. The predicted molar refractivity (Wildman–Crippen MR) is 106 cm³/mol. The third-order valence-corrected chi connectivity index (χ3v) is 6.38. The van der Waals surface area contributed by atoms with Crippen molar-refractivity contribution in [2.45, 2.75) is 23.9 Å². The molecule has 1 aromatic heterocycles. The summed E-state index contributed by atoms with van der Waals surface area (Å²) >= 11 is 3.61. The van der Waals surface area contributed by atoms with Crippen LogP contribution >= 0.6 is 23.1 Å². The van der Waals surface area contributed by atoms with Crippen LogP contribution in [-0.2, 0) is 17.8 Å². The van der Waals surface area contributed by atoms with E-state index in [-0.39, 0.29) is 11.9 Å². The number of amides is 1. The van der Waals surface area contributed by atoms with Crippen molar-refractivity contribution in [3.8, 4) is 0 Å². The molecule has 0 saturated heterocycles. The first-order chi connectivity index (χ1) is 12.2. The van der Waals surface area contributed by atoms with Crippen LogP contribution in [0.2, 0.25) is 0 Å². The lowest BCUT2D eigenvalue weighted by molar-refractivity contribution is -0.120. The summed E-state index contributed by atoms with van der Waals surface area (Å²) in [6.07, 6.45) is 3.18. The summed E-state index contributed by atoms with van der Waals surface area (Å²) in [4.78, 5) is 17.2. The second-order valence-corrected chi connectivity index (χ2v) is 8.09. The molecule has 0 radical (unpaired) electrons. The third-order valence-electron chi connectivity index (χ3n) is 4.61. The van der Waals surface area contributed by atoms with Gasteiger partial charge in [0.15, 0.2) is 0 Å². The quantitative estimate of drug-likeness (QED) is 0.731. The van der Waals surface area contributed by atoms with Crippen LogP contribution in [0.15, 0.2) is 40.6 Å². The number of thiophene rings is 1. The number of fused-ring (bicyclic) bond motifs is 1. The van der Waals surface area contributed by atoms with E-state index >= 15 is 0 Å². The molecule has 0 spiro atoms. The normalized spacial score (nSPS) is 15.6. The number of hydrogen-bond donors (Lipinski definition) is 2. The van der Waals surface area contributed by atoms with E-state index in [2.05, 4.69) is 57.5 Å². The molecule has 1 aliphatic rings. The maximum Gasteiger partial charge on any atom is 0.234 e. The molecule has 1 aromatic carbocycles. The predicted octanol–water partition coefficient (Wildman–Crippen LogP) is 2.91. The van der Waals surface area contributed by atoms with Gasteiger partial charge in [-0.1, -0.05) is 12.1 Å². The van der Waals surface area contributed by atoms with E-state index in [1.165, 1.54) is 20.9 Å². The first-order valence-electron chi connectivity index (χ1n) is 8.56. The molecule has 2 N–H and O–H groups in total. The van der Waals surface area contributed by atoms with E-state index in [9.17, 15) is 4.79 Å². The average molecular weight is 376 g/mol. The lowest BCUT2D eigenvalue weighted by atomic mass is 10.0. The summed E-state index contributed by atoms with van der Waals surface area (Å²) in [5.41, 5.74) is 2.70. The van der Waals surface area contributed by atoms with Gasteiger partial charge in [0.1, 0.15) is 0 Å². The van der Waals surface area contributed by atoms with Crippen molar-refractivity contribution in [2.75, 3.05) is 32.9 Å². The Morgan fingerprint density at radius 3 is 2.84 bits per heavy atom. The maximum atomic E-state index is 11.9. The lowest BCUT2D eigenvalue weighted by Gasteiger charge is -2.35. The number of hydrogen-bond acceptors (Lipinski definition) is 5. The van der Waals surface area contributed by atoms with Crippen molar-refractivity contribution in [3.63, 3.8) is 0 Å². The highest BCUT2D eigenvalue weighted by molar-refractivity contribution is 7.98. The topological polar surface area (TPSA) is 44.4 Å². The highest BCUT2D eigenvalue weighted by atomic mass is 32.2. The van der Waals surface area contributed by atoms with Gasteiger partial charge in [0, 0.05) is 29.4 Å². The molecule has 0 bridgehead atoms. The third kappa shape index (κ3) is 4.64. The molecular weight excluding hydrogens is 350 g/mol. The number of rotatable bonds is 7. The second kappa shape index (κ2) is 8.85. The summed E-state index contributed by atoms with van der Waals surface area (Å²) in [6.45, 7) is 2.98. The van der Waals surface area contributed by atoms with Crippen LogP contribution in [0.25, 0.3) is 0 Å². The number of benzene rings is 1. The zero-order chi connectivity index (χ0) is 17.6. The van der Waals surface area contributed by atoms with Crippen molar-refractivity contribution in [2.24, 2.45) is 0 Å². The van der Waals surface area contributed by atoms with Gasteiger partial charge in [-0.3, -0.25) is 9.69 Å². The Kier molecular flexibility index (Phi) is 6.53. The number of likely N-dealkylation sites (N-methyl/N-ethyl adjacent to an activating group) is 1. The van der Waals surface area contributed by atoms with Gasteiger partial charge in [-0.05, 0) is 54.4 Å². The van der Waals surface area contributed by atoms with Crippen LogP contribution in [0.3, 0.4) is 0 Å². The molecule has 1 amide bonds. The highest BCUT2D eigenvalue weighted by Gasteiger charge is 2.25. The number of nitrogens with one attached hydrogen (secondary N) is 2. The summed E-state index contributed by atoms with van der Waals surface area (Å²) < 4.78 is 0. The van der Waals surface area contributed by atoms with Crippen molar-refractivity contribution >= 4 is 29.0 Å². The van der Waals surface area contributed by atoms with Crippen LogP contribution in [0.4, 0.5) is 0 Å². The molecule has 2 aromatic rings. The molecule has 6 heteroatoms. The number of nitrogens with zero attached hydrogens (tertiary/aromatic N) is 1. The largest absolute Gasteiger partial charge is 0.353 e. The van der Waals surface area contributed by atoms with Crippen molar-refractivity contribution < 1.29 is 4.79 Å². The molecule has 134 valence electrons. The zero-order valence-electron chi connectivity index (χ0n) is 14.7. The van der Waals surface area contributed by atoms with Crippen LogP contribution < -0.4 is 10.6 Å². The Bertz CT molecular complexity index is 699. The van der Waals surface area contributed by atoms with Gasteiger partial charge in [0.25, 0.3) is 0 Å². The van der Waals surface area contributed by atoms with Crippen molar-refractivity contribution in [1.29, 1.82) is 0 Å². The first kappa shape index (κ1) is 18.5. The Balaban J connectivity index is 1.77. The summed E-state index contributed by atoms with van der Waals surface area (Å²) in [7, 11) is 1.79. The molecule has 1 aliphatic heterocycles. The molecule has 4 nitrogen and oxygen atoms in total. The van der Waals surface area contributed by atoms with E-state index in [1.54, 1.807) is 18.8 Å². The minimum atomic E-state index is 0.0430. The van der Waals surface area contributed by atoms with E-state index < -0.39 is 0 Å². The Labute approximate surface area is 158 Å². The van der Waals surface area contributed by atoms with Crippen LogP contribution in [0.5, 0.6) is 0 Å². The average Bonchev–Trinajstić information content (AvgIpc) is 3.10. The Hall–Kier alpha value is -1.34. The van der Waals surface area contributed by atoms with E-state index in [0.29, 0.717) is 13.1 Å². The number of carbonyl (C=O) groups excluding carboxylic acids is 1. The SMILES string of the molecule is CNCC(=O)NCC(c1ccc(SC)cc1)N1CCc2sccc2C1. The molecule has 1 atom stereocenters. The monoisotopic (exact) mass is 375 g/mol. The molecule has 3 rings (SSSR count). The summed E-state index contributed by atoms with van der Waals surface area (Å²) in [5, 5.41) is 8.17. The zero-order valence-corrected chi connectivity index (χ0v) is 16.4. The second-order valence-electron chi connectivity index (χ2n) is 6.21. The van der Waals surface area contributed by atoms with E-state index in [1.807, 2.05) is 11.3 Å². The first-order valence-corrected chi connectivity index (χ1v) is 10.7. The van der Waals surface area contributed by atoms with Gasteiger partial charge >= 0.3 is 0 Å². The van der Waals surface area contributed by atoms with Gasteiger partial charge < -0.3 is 10.6 Å². The van der Waals surface area contributed by atoms with E-state index in [0.717, 1.165) is 19.5 Å². The van der Waals surface area contributed by atoms with Gasteiger partial charge in [-0.2, -0.15) is 0 Å². The van der Waals surface area contributed by atoms with Crippen LogP contribution in [0, 0.1) is 0 Å². The van der Waals surface area contributed by atoms with Crippen LogP contribution in [0.1, 0.15) is 22.0 Å². The van der Waals surface area contributed by atoms with Crippen molar-refractivity contribution in [3.05, 3.63) is 51.7 Å². The van der Waals surface area contributed by atoms with Gasteiger partial charge in [-0.15, -0.1) is 23.1 Å². The minimum absolute atomic E-state index is 0.0430. The fourth-order valence-corrected chi connectivity index (χ4v) is 4.55. The highest BCUT2D eigenvalue weighted by Crippen LogP contribution is 2.30. The van der Waals surface area contributed by atoms with Crippen molar-refractivity contribution in [1.82, 2.24) is 15.5 Å². The maximum absolute atomic E-state index is 11.9. The van der Waals surface area contributed by atoms with Crippen LogP contribution in [-0.4, -0.2) is 43.7 Å². The summed E-state index contributed by atoms with van der Waals surface area (Å²) in [6, 6.07) is 11.2. The van der Waals surface area contributed by atoms with Gasteiger partial charge in [0.2, 0.25) is 5.91 Å². The molecule has 2 heterocycles. The Morgan fingerprint density at radius 2 is 2.12 bits per heavy atom. The molecule has 0 aliphatic carbocycles. The minimum Gasteiger partial charge on any atom is -0.353 e. The van der Waals surface area contributed by atoms with E-state index in [4.69, 9.17) is 0 Å². The number of carbonyl (C=O) groups is 1. The fraction of sp³-hybridized carbons (Fsp3) is 0.421. The molecular formula is C19H25N3OS2. The van der Waals surface area contributed by atoms with Gasteiger partial charge in [0.05, 0.1) is 12.6 Å². The molecule has 0 saturated carbocycles. The lowest BCUT2D eigenvalue weighted by Crippen LogP contribution is -2.42. The Morgan fingerprint density at radius 1 is 1.32 bits per heavy atom. The number of thioether (sulfide) groups is 1. The molecule has 0 fully saturated rings. The fourth-order valence-electron chi connectivity index (χ4n) is 3.25. The molecule has 1 unspecified atom stereocenters. The van der Waals surface area contributed by atoms with Gasteiger partial charge in [-0.25, -0.2) is 0 Å². The molecule has 25 heavy (non-hydrogen) atoms.